The van der Waals surface area contributed by atoms with Gasteiger partial charge in [0, 0.05) is 0 Å². The summed E-state index contributed by atoms with van der Waals surface area (Å²) in [5.41, 5.74) is 0. The quantitative estimate of drug-likeness (QED) is 0.904. The maximum atomic E-state index is 5.68. The van der Waals surface area contributed by atoms with Crippen molar-refractivity contribution < 1.29 is 4.42 Å². The third-order valence-electron chi connectivity index (χ3n) is 4.46. The molecule has 3 atom stereocenters. The lowest BCUT2D eigenvalue weighted by Gasteiger charge is -2.16. The van der Waals surface area contributed by atoms with E-state index < -0.39 is 0 Å². The molecule has 0 saturated heterocycles. The first-order valence-corrected chi connectivity index (χ1v) is 7.58. The summed E-state index contributed by atoms with van der Waals surface area (Å²) >= 11 is 3.60. The second-order valence-electron chi connectivity index (χ2n) is 5.36. The van der Waals surface area contributed by atoms with Crippen LogP contribution in [0, 0.1) is 17.8 Å². The third kappa shape index (κ3) is 2.08. The Morgan fingerprint density at radius 2 is 2.12 bits per heavy atom. The van der Waals surface area contributed by atoms with Crippen LogP contribution in [0.4, 0.5) is 0 Å². The molecule has 1 aromatic heterocycles. The zero-order valence-electron chi connectivity index (χ0n) is 10.3. The first kappa shape index (κ1) is 11.8. The van der Waals surface area contributed by atoms with E-state index in [0.717, 1.165) is 34.5 Å². The van der Waals surface area contributed by atoms with Crippen molar-refractivity contribution in [1.29, 1.82) is 0 Å². The monoisotopic (exact) mass is 297 g/mol. The van der Waals surface area contributed by atoms with Gasteiger partial charge in [-0.3, -0.25) is 0 Å². The van der Waals surface area contributed by atoms with Gasteiger partial charge >= 0.3 is 0 Å². The van der Waals surface area contributed by atoms with E-state index in [4.69, 9.17) is 4.42 Å². The maximum absolute atomic E-state index is 5.68. The predicted octanol–water partition coefficient (Wildman–Crippen LogP) is 4.13. The molecule has 0 amide bonds. The molecule has 17 heavy (non-hydrogen) atoms. The van der Waals surface area contributed by atoms with Crippen LogP contribution in [-0.2, 0) is 0 Å². The molecule has 3 heteroatoms. The molecule has 3 rings (SSSR count). The average Bonchev–Trinajstić information content (AvgIpc) is 2.91. The van der Waals surface area contributed by atoms with E-state index in [1.807, 2.05) is 6.07 Å². The summed E-state index contributed by atoms with van der Waals surface area (Å²) in [4.78, 5) is 0. The van der Waals surface area contributed by atoms with Crippen molar-refractivity contribution in [2.45, 2.75) is 38.6 Å². The van der Waals surface area contributed by atoms with E-state index >= 15 is 0 Å². The molecular weight excluding hydrogens is 278 g/mol. The lowest BCUT2D eigenvalue weighted by molar-refractivity contribution is 0.367. The number of fused-ring (bicyclic) bond motifs is 1. The summed E-state index contributed by atoms with van der Waals surface area (Å²) in [7, 11) is 0. The van der Waals surface area contributed by atoms with Crippen LogP contribution in [0.2, 0.25) is 0 Å². The number of rotatable bonds is 4. The van der Waals surface area contributed by atoms with Crippen LogP contribution < -0.4 is 5.32 Å². The number of hydrogen-bond donors (Lipinski definition) is 1. The molecule has 0 spiro atoms. The van der Waals surface area contributed by atoms with Gasteiger partial charge in [0.15, 0.2) is 0 Å². The van der Waals surface area contributed by atoms with E-state index in [0.29, 0.717) is 6.04 Å². The largest absolute Gasteiger partial charge is 0.466 e. The second-order valence-corrected chi connectivity index (χ2v) is 6.21. The Balaban J connectivity index is 1.79. The van der Waals surface area contributed by atoms with Gasteiger partial charge in [-0.05, 0) is 59.1 Å². The summed E-state index contributed by atoms with van der Waals surface area (Å²) in [6.45, 7) is 3.18. The van der Waals surface area contributed by atoms with Crippen LogP contribution in [0.25, 0.3) is 0 Å². The zero-order chi connectivity index (χ0) is 11.8. The number of furan rings is 1. The van der Waals surface area contributed by atoms with Gasteiger partial charge in [-0.15, -0.1) is 0 Å². The van der Waals surface area contributed by atoms with Crippen molar-refractivity contribution in [2.75, 3.05) is 6.54 Å². The Bertz CT molecular complexity index is 377. The van der Waals surface area contributed by atoms with Gasteiger partial charge in [0.2, 0.25) is 0 Å². The number of nitrogens with one attached hydrogen (secondary N) is 1. The molecule has 2 aliphatic rings. The highest BCUT2D eigenvalue weighted by molar-refractivity contribution is 9.10. The normalized spacial score (nSPS) is 33.2. The summed E-state index contributed by atoms with van der Waals surface area (Å²) in [5.74, 6) is 3.81. The highest BCUT2D eigenvalue weighted by Crippen LogP contribution is 2.60. The topological polar surface area (TPSA) is 25.2 Å². The Kier molecular flexibility index (Phi) is 3.31. The van der Waals surface area contributed by atoms with Gasteiger partial charge in [-0.25, -0.2) is 0 Å². The first-order valence-electron chi connectivity index (χ1n) is 6.79. The van der Waals surface area contributed by atoms with E-state index in [9.17, 15) is 0 Å². The van der Waals surface area contributed by atoms with Gasteiger partial charge in [-0.1, -0.05) is 19.8 Å². The fourth-order valence-electron chi connectivity index (χ4n) is 3.69. The maximum Gasteiger partial charge on any atom is 0.135 e. The lowest BCUT2D eigenvalue weighted by atomic mass is 10.0. The van der Waals surface area contributed by atoms with E-state index in [2.05, 4.69) is 28.2 Å². The van der Waals surface area contributed by atoms with Crippen molar-refractivity contribution in [3.05, 3.63) is 22.6 Å². The van der Waals surface area contributed by atoms with Gasteiger partial charge in [0.05, 0.1) is 16.8 Å². The standard InChI is InChI=1S/C14H20BrNO/c1-2-16-13(14-11(15)7-8-17-14)12-9-5-3-4-6-10(9)12/h7-10,12-13,16H,2-6H2,1H3. The summed E-state index contributed by atoms with van der Waals surface area (Å²) in [5, 5.41) is 3.62. The van der Waals surface area contributed by atoms with Crippen LogP contribution in [0.5, 0.6) is 0 Å². The predicted molar refractivity (Wildman–Crippen MR) is 71.8 cm³/mol. The summed E-state index contributed by atoms with van der Waals surface area (Å²) < 4.78 is 6.79. The van der Waals surface area contributed by atoms with Gasteiger partial charge in [-0.2, -0.15) is 0 Å². The highest BCUT2D eigenvalue weighted by atomic mass is 79.9. The Hall–Kier alpha value is -0.280. The Morgan fingerprint density at radius 1 is 1.41 bits per heavy atom. The molecule has 0 aliphatic heterocycles. The molecule has 94 valence electrons. The molecule has 2 nitrogen and oxygen atoms in total. The molecule has 0 radical (unpaired) electrons. The van der Waals surface area contributed by atoms with Crippen LogP contribution in [0.15, 0.2) is 21.2 Å². The zero-order valence-corrected chi connectivity index (χ0v) is 11.9. The second kappa shape index (κ2) is 4.77. The van der Waals surface area contributed by atoms with Crippen LogP contribution in [-0.4, -0.2) is 6.54 Å². The van der Waals surface area contributed by atoms with Gasteiger partial charge in [0.25, 0.3) is 0 Å². The molecule has 2 fully saturated rings. The van der Waals surface area contributed by atoms with Crippen LogP contribution in [0.1, 0.15) is 44.4 Å². The summed E-state index contributed by atoms with van der Waals surface area (Å²) in [6.07, 6.45) is 7.49. The van der Waals surface area contributed by atoms with Crippen LogP contribution >= 0.6 is 15.9 Å². The molecule has 1 N–H and O–H groups in total. The lowest BCUT2D eigenvalue weighted by Crippen LogP contribution is -2.23. The van der Waals surface area contributed by atoms with Gasteiger partial charge < -0.3 is 9.73 Å². The van der Waals surface area contributed by atoms with Crippen molar-refractivity contribution >= 4 is 15.9 Å². The fourth-order valence-corrected chi connectivity index (χ4v) is 4.14. The van der Waals surface area contributed by atoms with E-state index in [1.165, 1.54) is 25.7 Å². The SMILES string of the molecule is CCNC(c1occc1Br)C1C2CCCCC21. The minimum atomic E-state index is 0.414. The highest BCUT2D eigenvalue weighted by Gasteiger charge is 2.55. The first-order chi connectivity index (χ1) is 8.33. The number of hydrogen-bond acceptors (Lipinski definition) is 2. The van der Waals surface area contributed by atoms with E-state index in [-0.39, 0.29) is 0 Å². The molecule has 0 aromatic carbocycles. The Morgan fingerprint density at radius 3 is 2.65 bits per heavy atom. The molecule has 1 heterocycles. The van der Waals surface area contributed by atoms with Crippen molar-refractivity contribution in [1.82, 2.24) is 5.32 Å². The average molecular weight is 298 g/mol. The van der Waals surface area contributed by atoms with Crippen molar-refractivity contribution in [3.63, 3.8) is 0 Å². The smallest absolute Gasteiger partial charge is 0.135 e. The van der Waals surface area contributed by atoms with Crippen molar-refractivity contribution in [3.8, 4) is 0 Å². The molecule has 3 unspecified atom stereocenters. The Labute approximate surface area is 111 Å². The molecule has 2 saturated carbocycles. The number of halogens is 1. The fraction of sp³-hybridized carbons (Fsp3) is 0.714. The third-order valence-corrected chi connectivity index (χ3v) is 5.11. The molecule has 2 aliphatic carbocycles. The minimum absolute atomic E-state index is 0.414. The molecular formula is C14H20BrNO. The van der Waals surface area contributed by atoms with E-state index in [1.54, 1.807) is 6.26 Å². The molecule has 0 bridgehead atoms. The van der Waals surface area contributed by atoms with Crippen molar-refractivity contribution in [2.24, 2.45) is 17.8 Å². The molecule has 1 aromatic rings. The summed E-state index contributed by atoms with van der Waals surface area (Å²) in [6, 6.07) is 2.42. The van der Waals surface area contributed by atoms with Crippen LogP contribution in [0.3, 0.4) is 0 Å². The van der Waals surface area contributed by atoms with Gasteiger partial charge in [0.1, 0.15) is 5.76 Å². The minimum Gasteiger partial charge on any atom is -0.466 e.